The van der Waals surface area contributed by atoms with E-state index in [2.05, 4.69) is 40.8 Å². The van der Waals surface area contributed by atoms with Gasteiger partial charge in [-0.05, 0) is 72.6 Å². The quantitative estimate of drug-likeness (QED) is 0.445. The number of nitrogens with two attached hydrogens (primary N) is 1. The van der Waals surface area contributed by atoms with Gasteiger partial charge < -0.3 is 15.2 Å². The summed E-state index contributed by atoms with van der Waals surface area (Å²) in [4.78, 5) is 0. The first-order valence-corrected chi connectivity index (χ1v) is 10.3. The smallest absolute Gasteiger partial charge is 0.111 e. The highest BCUT2D eigenvalue weighted by Crippen LogP contribution is 2.53. The summed E-state index contributed by atoms with van der Waals surface area (Å²) in [7, 11) is 4.10. The van der Waals surface area contributed by atoms with Crippen molar-refractivity contribution in [2.75, 3.05) is 0 Å². The molecule has 0 amide bonds. The second-order valence-electron chi connectivity index (χ2n) is 9.66. The van der Waals surface area contributed by atoms with Crippen LogP contribution in [0.25, 0.3) is 0 Å². The normalized spacial score (nSPS) is 50.1. The van der Waals surface area contributed by atoms with E-state index in [1.807, 2.05) is 12.2 Å². The fraction of sp³-hybridized carbons (Fsp3) is 0.857. The molecule has 1 heterocycles. The number of quaternary nitrogens is 1. The van der Waals surface area contributed by atoms with Gasteiger partial charge in [-0.2, -0.15) is 7.05 Å². The van der Waals surface area contributed by atoms with Gasteiger partial charge in [0.05, 0.1) is 22.6 Å². The van der Waals surface area contributed by atoms with Crippen molar-refractivity contribution in [2.45, 2.75) is 94.9 Å². The Hall–Kier alpha value is -0.0900. The summed E-state index contributed by atoms with van der Waals surface area (Å²) < 4.78 is 6.68. The molecule has 3 nitrogen and oxygen atoms in total. The number of aliphatic hydroxyl groups is 1. The van der Waals surface area contributed by atoms with E-state index in [-0.39, 0.29) is 22.6 Å². The zero-order valence-electron chi connectivity index (χ0n) is 16.5. The van der Waals surface area contributed by atoms with Crippen molar-refractivity contribution in [2.24, 2.45) is 17.8 Å². The molecule has 1 aliphatic heterocycles. The number of alkyl halides is 1. The Bertz CT molecular complexity index is 544. The monoisotopic (exact) mass is 369 g/mol. The molecular formula is C21H36ClNO2. The lowest BCUT2D eigenvalue weighted by molar-refractivity contribution is -0.665. The van der Waals surface area contributed by atoms with Crippen molar-refractivity contribution in [1.29, 1.82) is 0 Å². The number of hydrogen-bond acceptors (Lipinski definition) is 2. The molecule has 3 N–H and O–H groups in total. The van der Waals surface area contributed by atoms with Crippen molar-refractivity contribution in [1.82, 2.24) is 0 Å². The van der Waals surface area contributed by atoms with Gasteiger partial charge in [0.15, 0.2) is 0 Å². The largest absolute Gasteiger partial charge is 0.474 e. The van der Waals surface area contributed by atoms with Crippen molar-refractivity contribution < 1.29 is 15.2 Å². The van der Waals surface area contributed by atoms with Gasteiger partial charge in [0.1, 0.15) is 5.60 Å². The molecule has 1 saturated carbocycles. The number of halogens is 1. The highest BCUT2D eigenvalue weighted by molar-refractivity contribution is 6.21. The van der Waals surface area contributed by atoms with E-state index in [9.17, 15) is 5.11 Å². The Labute approximate surface area is 158 Å². The number of fused-ring (bicyclic) bond motifs is 1. The maximum atomic E-state index is 11.1. The molecule has 3 aliphatic rings. The summed E-state index contributed by atoms with van der Waals surface area (Å²) in [6.45, 7) is 10.8. The van der Waals surface area contributed by atoms with E-state index in [0.29, 0.717) is 17.8 Å². The Balaban J connectivity index is 1.97. The molecule has 144 valence electrons. The first-order chi connectivity index (χ1) is 11.5. The van der Waals surface area contributed by atoms with E-state index in [1.54, 1.807) is 0 Å². The molecule has 3 rings (SSSR count). The van der Waals surface area contributed by atoms with Gasteiger partial charge in [-0.1, -0.05) is 11.6 Å². The maximum Gasteiger partial charge on any atom is 0.111 e. The van der Waals surface area contributed by atoms with Crippen LogP contribution in [0.15, 0.2) is 11.6 Å². The van der Waals surface area contributed by atoms with Crippen LogP contribution in [0.1, 0.15) is 66.7 Å². The third kappa shape index (κ3) is 3.31. The van der Waals surface area contributed by atoms with Crippen LogP contribution in [0.2, 0.25) is 0 Å². The molecule has 25 heavy (non-hydrogen) atoms. The van der Waals surface area contributed by atoms with Gasteiger partial charge in [-0.25, -0.2) is 0 Å². The van der Waals surface area contributed by atoms with Crippen LogP contribution in [-0.4, -0.2) is 33.3 Å². The number of hydrogen-bond donors (Lipinski definition) is 2. The summed E-state index contributed by atoms with van der Waals surface area (Å²) in [5.41, 5.74) is 0.289. The molecule has 0 aromatic rings. The minimum absolute atomic E-state index is 0.0573. The predicted molar refractivity (Wildman–Crippen MR) is 102 cm³/mol. The minimum Gasteiger partial charge on any atom is -0.474 e. The topological polar surface area (TPSA) is 46.1 Å². The molecule has 7 unspecified atom stereocenters. The first-order valence-electron chi connectivity index (χ1n) is 9.88. The standard InChI is InChI=1S/C21H36ClNO2/c1-13-7-8-15(21(5)12-10-16(22)19(2,3)25-21)17-14(13)9-11-20(4,24)18(17)23-6/h7,14-18,24H,6,8-12,23H2,1-5H3. The van der Waals surface area contributed by atoms with Gasteiger partial charge in [0.2, 0.25) is 0 Å². The van der Waals surface area contributed by atoms with Gasteiger partial charge in [-0.3, -0.25) is 0 Å². The van der Waals surface area contributed by atoms with Crippen molar-refractivity contribution in [3.63, 3.8) is 0 Å². The number of rotatable bonds is 2. The van der Waals surface area contributed by atoms with Gasteiger partial charge >= 0.3 is 0 Å². The van der Waals surface area contributed by atoms with Crippen LogP contribution in [-0.2, 0) is 4.74 Å². The predicted octanol–water partition coefficient (Wildman–Crippen LogP) is 3.41. The van der Waals surface area contributed by atoms with Crippen molar-refractivity contribution in [3.05, 3.63) is 18.7 Å². The molecule has 0 bridgehead atoms. The van der Waals surface area contributed by atoms with E-state index in [1.165, 1.54) is 5.57 Å². The summed E-state index contributed by atoms with van der Waals surface area (Å²) >= 11 is 6.54. The molecule has 0 aromatic heterocycles. The minimum atomic E-state index is -0.672. The van der Waals surface area contributed by atoms with Crippen LogP contribution in [0.3, 0.4) is 0 Å². The van der Waals surface area contributed by atoms with Crippen molar-refractivity contribution in [3.8, 4) is 0 Å². The molecule has 2 aliphatic carbocycles. The van der Waals surface area contributed by atoms with Gasteiger partial charge in [-0.15, -0.1) is 11.6 Å². The lowest BCUT2D eigenvalue weighted by atomic mass is 9.55. The molecular weight excluding hydrogens is 334 g/mol. The third-order valence-electron chi connectivity index (χ3n) is 7.49. The fourth-order valence-electron chi connectivity index (χ4n) is 5.96. The summed E-state index contributed by atoms with van der Waals surface area (Å²) in [5.74, 6) is 1.30. The zero-order valence-corrected chi connectivity index (χ0v) is 17.3. The zero-order chi connectivity index (χ0) is 18.6. The van der Waals surface area contributed by atoms with Crippen LogP contribution in [0, 0.1) is 24.8 Å². The highest BCUT2D eigenvalue weighted by Gasteiger charge is 2.57. The Morgan fingerprint density at radius 3 is 2.52 bits per heavy atom. The van der Waals surface area contributed by atoms with Crippen LogP contribution in [0.4, 0.5) is 0 Å². The fourth-order valence-corrected chi connectivity index (χ4v) is 6.11. The van der Waals surface area contributed by atoms with Gasteiger partial charge in [0.25, 0.3) is 0 Å². The Kier molecular flexibility index (Phi) is 5.12. The van der Waals surface area contributed by atoms with Crippen LogP contribution < -0.4 is 5.32 Å². The second-order valence-corrected chi connectivity index (χ2v) is 10.2. The van der Waals surface area contributed by atoms with E-state index in [4.69, 9.17) is 16.3 Å². The summed E-state index contributed by atoms with van der Waals surface area (Å²) in [5, 5.41) is 13.1. The molecule has 0 radical (unpaired) electrons. The highest BCUT2D eigenvalue weighted by atomic mass is 35.5. The van der Waals surface area contributed by atoms with Crippen LogP contribution >= 0.6 is 11.6 Å². The SMILES string of the molecule is [CH2-][NH2+]C1C2C(CCC1(C)O)C(C)=CCC2C1(C)CCC(Cl)C(C)(C)O1. The lowest BCUT2D eigenvalue weighted by Gasteiger charge is -2.57. The first kappa shape index (κ1) is 19.7. The second kappa shape index (κ2) is 6.51. The average Bonchev–Trinajstić information content (AvgIpc) is 2.50. The number of ether oxygens (including phenoxy) is 1. The van der Waals surface area contributed by atoms with E-state index >= 15 is 0 Å². The number of allylic oxidation sites excluding steroid dienone is 2. The Morgan fingerprint density at radius 2 is 1.92 bits per heavy atom. The maximum absolute atomic E-state index is 11.1. The molecule has 2 fully saturated rings. The molecule has 4 heteroatoms. The molecule has 0 spiro atoms. The molecule has 1 saturated heterocycles. The van der Waals surface area contributed by atoms with Crippen molar-refractivity contribution >= 4 is 11.6 Å². The summed E-state index contributed by atoms with van der Waals surface area (Å²) in [6, 6.07) is 0.108. The third-order valence-corrected chi connectivity index (χ3v) is 8.23. The van der Waals surface area contributed by atoms with Gasteiger partial charge in [0, 0.05) is 11.8 Å². The molecule has 0 aromatic carbocycles. The summed E-state index contributed by atoms with van der Waals surface area (Å²) in [6.07, 6.45) is 7.30. The van der Waals surface area contributed by atoms with E-state index in [0.717, 1.165) is 32.1 Å². The van der Waals surface area contributed by atoms with Crippen LogP contribution in [0.5, 0.6) is 0 Å². The lowest BCUT2D eigenvalue weighted by Crippen LogP contribution is -2.92. The molecule has 7 atom stereocenters. The average molecular weight is 370 g/mol. The Morgan fingerprint density at radius 1 is 1.24 bits per heavy atom. The van der Waals surface area contributed by atoms with E-state index < -0.39 is 5.60 Å².